The minimum atomic E-state index is -1.19. The predicted octanol–water partition coefficient (Wildman–Crippen LogP) is 1.83. The lowest BCUT2D eigenvalue weighted by molar-refractivity contribution is -0.147. The van der Waals surface area contributed by atoms with Crippen molar-refractivity contribution in [1.82, 2.24) is 0 Å². The van der Waals surface area contributed by atoms with Gasteiger partial charge in [0.2, 0.25) is 0 Å². The van der Waals surface area contributed by atoms with Crippen molar-refractivity contribution in [2.75, 3.05) is 13.2 Å². The van der Waals surface area contributed by atoms with Gasteiger partial charge in [0.15, 0.2) is 0 Å². The van der Waals surface area contributed by atoms with Crippen LogP contribution in [0.4, 0.5) is 0 Å². The second kappa shape index (κ2) is 6.17. The van der Waals surface area contributed by atoms with Crippen LogP contribution >= 0.6 is 0 Å². The molecule has 19 heavy (non-hydrogen) atoms. The molecule has 3 N–H and O–H groups in total. The second-order valence-electron chi connectivity index (χ2n) is 5.26. The van der Waals surface area contributed by atoms with Crippen molar-refractivity contribution in [2.24, 2.45) is 11.7 Å². The average Bonchev–Trinajstić information content (AvgIpc) is 3.23. The van der Waals surface area contributed by atoms with Gasteiger partial charge >= 0.3 is 5.97 Å². The van der Waals surface area contributed by atoms with Crippen molar-refractivity contribution in [2.45, 2.75) is 31.2 Å². The largest absolute Gasteiger partial charge is 0.480 e. The Bertz CT molecular complexity index is 417. The summed E-state index contributed by atoms with van der Waals surface area (Å²) in [6.07, 6.45) is 3.62. The lowest BCUT2D eigenvalue weighted by atomic mass is 9.96. The van der Waals surface area contributed by atoms with E-state index in [1.807, 2.05) is 18.2 Å². The smallest absolute Gasteiger partial charge is 0.326 e. The summed E-state index contributed by atoms with van der Waals surface area (Å²) in [6.45, 7) is 0.662. The molecule has 1 aliphatic rings. The van der Waals surface area contributed by atoms with Crippen LogP contribution in [0.25, 0.3) is 0 Å². The van der Waals surface area contributed by atoms with Gasteiger partial charge in [0, 0.05) is 6.61 Å². The highest BCUT2D eigenvalue weighted by molar-refractivity contribution is 5.79. The van der Waals surface area contributed by atoms with Gasteiger partial charge in [-0.05, 0) is 37.2 Å². The molecular weight excluding hydrogens is 242 g/mol. The zero-order chi connectivity index (χ0) is 13.7. The van der Waals surface area contributed by atoms with E-state index in [1.165, 1.54) is 5.56 Å². The van der Waals surface area contributed by atoms with Crippen molar-refractivity contribution in [3.63, 3.8) is 0 Å². The molecule has 0 heterocycles. The number of rotatable bonds is 8. The van der Waals surface area contributed by atoms with E-state index in [0.29, 0.717) is 6.61 Å². The minimum absolute atomic E-state index is 0.0825. The van der Waals surface area contributed by atoms with E-state index in [1.54, 1.807) is 0 Å². The lowest BCUT2D eigenvalue weighted by Gasteiger charge is -2.24. The molecule has 1 aromatic rings. The number of ether oxygens (including phenoxy) is 1. The summed E-state index contributed by atoms with van der Waals surface area (Å²) >= 11 is 0. The molecule has 1 atom stereocenters. The van der Waals surface area contributed by atoms with Gasteiger partial charge in [-0.3, -0.25) is 4.79 Å². The molecule has 1 unspecified atom stereocenters. The second-order valence-corrected chi connectivity index (χ2v) is 5.26. The summed E-state index contributed by atoms with van der Waals surface area (Å²) in [6, 6.07) is 10.2. The Morgan fingerprint density at radius 1 is 1.37 bits per heavy atom. The van der Waals surface area contributed by atoms with E-state index < -0.39 is 11.5 Å². The maximum atomic E-state index is 11.2. The highest BCUT2D eigenvalue weighted by atomic mass is 16.5. The third kappa shape index (κ3) is 3.78. The fraction of sp³-hybridized carbons (Fsp3) is 0.533. The van der Waals surface area contributed by atoms with Crippen molar-refractivity contribution in [3.05, 3.63) is 35.9 Å². The summed E-state index contributed by atoms with van der Waals surface area (Å²) in [5.41, 5.74) is 6.00. The van der Waals surface area contributed by atoms with E-state index in [-0.39, 0.29) is 12.5 Å². The summed E-state index contributed by atoms with van der Waals surface area (Å²) < 4.78 is 5.48. The number of carboxylic acid groups (broad SMARTS) is 1. The van der Waals surface area contributed by atoms with Crippen LogP contribution in [0.15, 0.2) is 30.3 Å². The molecule has 1 saturated carbocycles. The fourth-order valence-electron chi connectivity index (χ4n) is 2.22. The molecule has 4 heteroatoms. The zero-order valence-corrected chi connectivity index (χ0v) is 11.0. The van der Waals surface area contributed by atoms with Crippen LogP contribution in [0.3, 0.4) is 0 Å². The van der Waals surface area contributed by atoms with Gasteiger partial charge in [-0.25, -0.2) is 0 Å². The van der Waals surface area contributed by atoms with Gasteiger partial charge in [-0.15, -0.1) is 0 Å². The quantitative estimate of drug-likeness (QED) is 0.702. The van der Waals surface area contributed by atoms with Crippen LogP contribution in [0.2, 0.25) is 0 Å². The molecule has 0 amide bonds. The van der Waals surface area contributed by atoms with E-state index >= 15 is 0 Å². The molecule has 0 aromatic heterocycles. The summed E-state index contributed by atoms with van der Waals surface area (Å²) in [5.74, 6) is -0.864. The zero-order valence-electron chi connectivity index (χ0n) is 11.0. The molecule has 0 saturated heterocycles. The highest BCUT2D eigenvalue weighted by Crippen LogP contribution is 2.38. The first-order chi connectivity index (χ1) is 9.13. The molecule has 0 aliphatic heterocycles. The first-order valence-corrected chi connectivity index (χ1v) is 6.77. The minimum Gasteiger partial charge on any atom is -0.480 e. The fourth-order valence-corrected chi connectivity index (χ4v) is 2.22. The third-order valence-corrected chi connectivity index (χ3v) is 3.64. The number of aliphatic carboxylic acids is 1. The van der Waals surface area contributed by atoms with Crippen molar-refractivity contribution < 1.29 is 14.6 Å². The van der Waals surface area contributed by atoms with Crippen LogP contribution < -0.4 is 5.73 Å². The number of aryl methyl sites for hydroxylation is 1. The van der Waals surface area contributed by atoms with Gasteiger partial charge in [0.1, 0.15) is 5.54 Å². The molecule has 104 valence electrons. The molecule has 1 aromatic carbocycles. The molecule has 0 spiro atoms. The summed E-state index contributed by atoms with van der Waals surface area (Å²) in [7, 11) is 0. The molecule has 4 nitrogen and oxygen atoms in total. The molecule has 0 bridgehead atoms. The predicted molar refractivity (Wildman–Crippen MR) is 72.9 cm³/mol. The van der Waals surface area contributed by atoms with Gasteiger partial charge in [-0.2, -0.15) is 0 Å². The third-order valence-electron chi connectivity index (χ3n) is 3.64. The van der Waals surface area contributed by atoms with Gasteiger partial charge < -0.3 is 15.6 Å². The maximum absolute atomic E-state index is 11.2. The Morgan fingerprint density at radius 2 is 2.05 bits per heavy atom. The van der Waals surface area contributed by atoms with Crippen molar-refractivity contribution >= 4 is 5.97 Å². The molecule has 1 fully saturated rings. The molecule has 0 radical (unpaired) electrons. The number of hydrogen-bond acceptors (Lipinski definition) is 3. The Morgan fingerprint density at radius 3 is 2.63 bits per heavy atom. The van der Waals surface area contributed by atoms with Crippen LogP contribution in [0, 0.1) is 5.92 Å². The van der Waals surface area contributed by atoms with Crippen LogP contribution in [-0.4, -0.2) is 29.8 Å². The van der Waals surface area contributed by atoms with Gasteiger partial charge in [0.05, 0.1) is 6.61 Å². The number of nitrogens with two attached hydrogens (primary N) is 1. The van der Waals surface area contributed by atoms with Crippen LogP contribution in [-0.2, 0) is 16.0 Å². The van der Waals surface area contributed by atoms with E-state index in [4.69, 9.17) is 10.5 Å². The SMILES string of the molecule is NC(COCCCc1ccccc1)(C(=O)O)C1CC1. The number of carbonyl (C=O) groups is 1. The summed E-state index contributed by atoms with van der Waals surface area (Å²) in [4.78, 5) is 11.2. The van der Waals surface area contributed by atoms with Gasteiger partial charge in [-0.1, -0.05) is 30.3 Å². The average molecular weight is 263 g/mol. The summed E-state index contributed by atoms with van der Waals surface area (Å²) in [5, 5.41) is 9.17. The first-order valence-electron chi connectivity index (χ1n) is 6.77. The van der Waals surface area contributed by atoms with E-state index in [0.717, 1.165) is 25.7 Å². The Balaban J connectivity index is 1.67. The van der Waals surface area contributed by atoms with Gasteiger partial charge in [0.25, 0.3) is 0 Å². The van der Waals surface area contributed by atoms with Crippen LogP contribution in [0.5, 0.6) is 0 Å². The standard InChI is InChI=1S/C15H21NO3/c16-15(14(17)18,13-8-9-13)11-19-10-4-7-12-5-2-1-3-6-12/h1-3,5-6,13H,4,7-11,16H2,(H,17,18). The number of hydrogen-bond donors (Lipinski definition) is 2. The normalized spacial score (nSPS) is 17.9. The number of carboxylic acids is 1. The van der Waals surface area contributed by atoms with Crippen molar-refractivity contribution in [3.8, 4) is 0 Å². The number of benzene rings is 1. The Kier molecular flexibility index (Phi) is 4.56. The lowest BCUT2D eigenvalue weighted by Crippen LogP contribution is -2.54. The molecule has 1 aliphatic carbocycles. The topological polar surface area (TPSA) is 72.5 Å². The molecule has 2 rings (SSSR count). The highest BCUT2D eigenvalue weighted by Gasteiger charge is 2.48. The first kappa shape index (κ1) is 14.0. The monoisotopic (exact) mass is 263 g/mol. The van der Waals surface area contributed by atoms with E-state index in [9.17, 15) is 9.90 Å². The maximum Gasteiger partial charge on any atom is 0.326 e. The Labute approximate surface area is 113 Å². The molecular formula is C15H21NO3. The Hall–Kier alpha value is -1.39. The van der Waals surface area contributed by atoms with Crippen molar-refractivity contribution in [1.29, 1.82) is 0 Å². The van der Waals surface area contributed by atoms with Crippen LogP contribution in [0.1, 0.15) is 24.8 Å². The van der Waals surface area contributed by atoms with E-state index in [2.05, 4.69) is 12.1 Å².